The van der Waals surface area contributed by atoms with Crippen LogP contribution in [0.3, 0.4) is 0 Å². The average molecular weight is 316 g/mol. The number of hydrogen-bond donors (Lipinski definition) is 1. The molecule has 0 fully saturated rings. The van der Waals surface area contributed by atoms with Crippen molar-refractivity contribution < 1.29 is 4.79 Å². The van der Waals surface area contributed by atoms with Crippen molar-refractivity contribution in [2.24, 2.45) is 0 Å². The molecule has 5 nitrogen and oxygen atoms in total. The third-order valence-electron chi connectivity index (χ3n) is 2.81. The molecule has 3 heterocycles. The van der Waals surface area contributed by atoms with E-state index in [4.69, 9.17) is 0 Å². The van der Waals surface area contributed by atoms with Crippen LogP contribution in [0.1, 0.15) is 20.4 Å². The quantitative estimate of drug-likeness (QED) is 0.802. The highest BCUT2D eigenvalue weighted by molar-refractivity contribution is 7.15. The van der Waals surface area contributed by atoms with E-state index in [0.29, 0.717) is 10.0 Å². The number of amides is 1. The van der Waals surface area contributed by atoms with Crippen molar-refractivity contribution in [2.75, 3.05) is 5.32 Å². The van der Waals surface area contributed by atoms with Gasteiger partial charge in [0.25, 0.3) is 5.91 Å². The summed E-state index contributed by atoms with van der Waals surface area (Å²) < 4.78 is 0. The monoisotopic (exact) mass is 316 g/mol. The van der Waals surface area contributed by atoms with E-state index in [-0.39, 0.29) is 5.91 Å². The van der Waals surface area contributed by atoms with Gasteiger partial charge in [-0.3, -0.25) is 15.1 Å². The molecule has 0 atom stereocenters. The van der Waals surface area contributed by atoms with Crippen LogP contribution in [-0.4, -0.2) is 20.9 Å². The normalized spacial score (nSPS) is 10.6. The van der Waals surface area contributed by atoms with E-state index in [1.165, 1.54) is 22.7 Å². The molecular weight excluding hydrogens is 304 g/mol. The van der Waals surface area contributed by atoms with Crippen LogP contribution in [0.15, 0.2) is 29.9 Å². The Labute approximate surface area is 129 Å². The first-order chi connectivity index (χ1) is 10.1. The van der Waals surface area contributed by atoms with Crippen LogP contribution in [0.2, 0.25) is 0 Å². The Morgan fingerprint density at radius 1 is 1.19 bits per heavy atom. The second-order valence-corrected chi connectivity index (χ2v) is 6.44. The van der Waals surface area contributed by atoms with Gasteiger partial charge in [-0.15, -0.1) is 22.7 Å². The summed E-state index contributed by atoms with van der Waals surface area (Å²) in [5.41, 5.74) is 2.56. The highest BCUT2D eigenvalue weighted by atomic mass is 32.1. The molecule has 0 unspecified atom stereocenters. The second kappa shape index (κ2) is 5.71. The van der Waals surface area contributed by atoms with Gasteiger partial charge in [0.2, 0.25) is 0 Å². The van der Waals surface area contributed by atoms with Gasteiger partial charge in [-0.25, -0.2) is 9.97 Å². The molecule has 0 saturated carbocycles. The zero-order valence-electron chi connectivity index (χ0n) is 11.5. The molecule has 0 aliphatic heterocycles. The molecule has 0 bridgehead atoms. The molecule has 21 heavy (non-hydrogen) atoms. The van der Waals surface area contributed by atoms with Gasteiger partial charge in [0.05, 0.1) is 16.4 Å². The number of aromatic nitrogens is 3. The van der Waals surface area contributed by atoms with Crippen molar-refractivity contribution in [1.82, 2.24) is 15.0 Å². The third kappa shape index (κ3) is 2.98. The van der Waals surface area contributed by atoms with Gasteiger partial charge in [0.15, 0.2) is 5.13 Å². The molecule has 0 aliphatic rings. The van der Waals surface area contributed by atoms with Gasteiger partial charge in [-0.1, -0.05) is 0 Å². The molecule has 7 heteroatoms. The SMILES string of the molecule is Cc1nc(C)c(C(=O)Nc2nc(-c3ccncc3)cs2)s1. The van der Waals surface area contributed by atoms with Crippen molar-refractivity contribution in [1.29, 1.82) is 0 Å². The minimum absolute atomic E-state index is 0.159. The van der Waals surface area contributed by atoms with Crippen molar-refractivity contribution in [2.45, 2.75) is 13.8 Å². The molecule has 3 aromatic heterocycles. The Kier molecular flexibility index (Phi) is 3.76. The van der Waals surface area contributed by atoms with Crippen LogP contribution in [0.5, 0.6) is 0 Å². The summed E-state index contributed by atoms with van der Waals surface area (Å²) in [4.78, 5) is 25.5. The summed E-state index contributed by atoms with van der Waals surface area (Å²) in [6.07, 6.45) is 3.44. The van der Waals surface area contributed by atoms with Gasteiger partial charge >= 0.3 is 0 Å². The number of aryl methyl sites for hydroxylation is 2. The summed E-state index contributed by atoms with van der Waals surface area (Å²) in [6, 6.07) is 3.77. The molecule has 0 radical (unpaired) electrons. The predicted octanol–water partition coefficient (Wildman–Crippen LogP) is 3.53. The zero-order valence-corrected chi connectivity index (χ0v) is 13.1. The van der Waals surface area contributed by atoms with E-state index in [1.54, 1.807) is 12.4 Å². The van der Waals surface area contributed by atoms with E-state index in [9.17, 15) is 4.79 Å². The van der Waals surface area contributed by atoms with Crippen molar-refractivity contribution >= 4 is 33.7 Å². The Hall–Kier alpha value is -2.12. The first-order valence-electron chi connectivity index (χ1n) is 6.25. The molecule has 0 aliphatic carbocycles. The van der Waals surface area contributed by atoms with Gasteiger partial charge in [-0.05, 0) is 26.0 Å². The summed E-state index contributed by atoms with van der Waals surface area (Å²) in [7, 11) is 0. The van der Waals surface area contributed by atoms with Gasteiger partial charge in [0.1, 0.15) is 4.88 Å². The van der Waals surface area contributed by atoms with Crippen molar-refractivity contribution in [3.63, 3.8) is 0 Å². The van der Waals surface area contributed by atoms with E-state index >= 15 is 0 Å². The minimum atomic E-state index is -0.159. The smallest absolute Gasteiger partial charge is 0.269 e. The number of nitrogens with zero attached hydrogens (tertiary/aromatic N) is 3. The fraction of sp³-hybridized carbons (Fsp3) is 0.143. The molecule has 3 rings (SSSR count). The van der Waals surface area contributed by atoms with Crippen molar-refractivity contribution in [3.05, 3.63) is 45.5 Å². The average Bonchev–Trinajstić information content (AvgIpc) is 3.06. The number of anilines is 1. The number of thiazole rings is 2. The number of carbonyl (C=O) groups excluding carboxylic acids is 1. The number of pyridine rings is 1. The fourth-order valence-electron chi connectivity index (χ4n) is 1.88. The Balaban J connectivity index is 1.79. The van der Waals surface area contributed by atoms with Gasteiger partial charge in [-0.2, -0.15) is 0 Å². The van der Waals surface area contributed by atoms with Crippen LogP contribution >= 0.6 is 22.7 Å². The van der Waals surface area contributed by atoms with Crippen LogP contribution in [0.25, 0.3) is 11.3 Å². The lowest BCUT2D eigenvalue weighted by molar-refractivity contribution is 0.103. The van der Waals surface area contributed by atoms with Gasteiger partial charge < -0.3 is 0 Å². The standard InChI is InChI=1S/C14H12N4OS2/c1-8-12(21-9(2)16-8)13(19)18-14-17-11(7-20-14)10-3-5-15-6-4-10/h3-7H,1-2H3,(H,17,18,19). The maximum Gasteiger partial charge on any atom is 0.269 e. The summed E-state index contributed by atoms with van der Waals surface area (Å²) >= 11 is 2.79. The lowest BCUT2D eigenvalue weighted by Gasteiger charge is -1.99. The highest BCUT2D eigenvalue weighted by Crippen LogP contribution is 2.25. The molecular formula is C14H12N4OS2. The number of rotatable bonds is 3. The van der Waals surface area contributed by atoms with E-state index in [1.807, 2.05) is 31.4 Å². The maximum absolute atomic E-state index is 12.2. The van der Waals surface area contributed by atoms with Crippen LogP contribution < -0.4 is 5.32 Å². The Morgan fingerprint density at radius 3 is 2.62 bits per heavy atom. The predicted molar refractivity (Wildman–Crippen MR) is 84.9 cm³/mol. The molecule has 106 valence electrons. The van der Waals surface area contributed by atoms with Crippen molar-refractivity contribution in [3.8, 4) is 11.3 Å². The number of nitrogens with one attached hydrogen (secondary N) is 1. The largest absolute Gasteiger partial charge is 0.297 e. The number of hydrogen-bond acceptors (Lipinski definition) is 6. The first kappa shape index (κ1) is 13.8. The summed E-state index contributed by atoms with van der Waals surface area (Å²) in [5, 5.41) is 6.20. The van der Waals surface area contributed by atoms with E-state index < -0.39 is 0 Å². The number of carbonyl (C=O) groups is 1. The molecule has 1 amide bonds. The molecule has 0 aromatic carbocycles. The lowest BCUT2D eigenvalue weighted by Crippen LogP contribution is -2.11. The first-order valence-corrected chi connectivity index (χ1v) is 7.94. The zero-order chi connectivity index (χ0) is 14.8. The van der Waals surface area contributed by atoms with E-state index in [2.05, 4.69) is 20.3 Å². The maximum atomic E-state index is 12.2. The second-order valence-electron chi connectivity index (χ2n) is 4.38. The fourth-order valence-corrected chi connectivity index (χ4v) is 3.41. The van der Waals surface area contributed by atoms with Gasteiger partial charge in [0, 0.05) is 23.3 Å². The topological polar surface area (TPSA) is 67.8 Å². The highest BCUT2D eigenvalue weighted by Gasteiger charge is 2.15. The Morgan fingerprint density at radius 2 is 1.95 bits per heavy atom. The summed E-state index contributed by atoms with van der Waals surface area (Å²) in [6.45, 7) is 3.72. The molecule has 0 saturated heterocycles. The lowest BCUT2D eigenvalue weighted by atomic mass is 10.2. The summed E-state index contributed by atoms with van der Waals surface area (Å²) in [5.74, 6) is -0.159. The molecule has 3 aromatic rings. The minimum Gasteiger partial charge on any atom is -0.297 e. The van der Waals surface area contributed by atoms with Crippen LogP contribution in [-0.2, 0) is 0 Å². The van der Waals surface area contributed by atoms with Crippen LogP contribution in [0, 0.1) is 13.8 Å². The molecule has 0 spiro atoms. The molecule has 1 N–H and O–H groups in total. The third-order valence-corrected chi connectivity index (χ3v) is 4.64. The van der Waals surface area contributed by atoms with Crippen LogP contribution in [0.4, 0.5) is 5.13 Å². The Bertz CT molecular complexity index is 779. The van der Waals surface area contributed by atoms with E-state index in [0.717, 1.165) is 22.0 Å².